The standard InChI is InChI=1S/C31H28F5N11O4/c1-43-22-13-38-23(10-21(22)46(29(43)49)16-5-4-15(8-16)40-28(48)51-3)41-24-9-18(19-12-37-7-6-20(19)31(34,35)36)25-26(42-24)47(30(50)44(25)2)17-11-39-45(14-17)27(32)33/h6-7,9-16,27H,4-5,8H2,1-3H3,(H,40,48)(H,38,41,42)/t15-,16-/m1/s1/i1D3. The number of fused-ring (bicyclic) bond motifs is 2. The summed E-state index contributed by atoms with van der Waals surface area (Å²) in [6.45, 7) is -5.97. The monoisotopic (exact) mass is 716 g/mol. The molecule has 0 bridgehead atoms. The quantitative estimate of drug-likeness (QED) is 0.225. The third kappa shape index (κ3) is 5.74. The maximum Gasteiger partial charge on any atom is 0.417 e. The van der Waals surface area contributed by atoms with Gasteiger partial charge in [-0.2, -0.15) is 27.1 Å². The van der Waals surface area contributed by atoms with E-state index < -0.39 is 54.3 Å². The molecule has 1 amide bonds. The average Bonchev–Trinajstić information content (AvgIpc) is 3.88. The molecule has 1 saturated carbocycles. The van der Waals surface area contributed by atoms with Crippen molar-refractivity contribution in [1.29, 1.82) is 0 Å². The minimum absolute atomic E-state index is 0.0310. The number of alkyl halides is 5. The molecule has 0 spiro atoms. The summed E-state index contributed by atoms with van der Waals surface area (Å²) < 4.78 is 103. The molecule has 0 saturated heterocycles. The number of aryl methyl sites for hydroxylation is 2. The predicted molar refractivity (Wildman–Crippen MR) is 172 cm³/mol. The van der Waals surface area contributed by atoms with Gasteiger partial charge in [0.15, 0.2) is 5.65 Å². The highest BCUT2D eigenvalue weighted by Crippen LogP contribution is 2.40. The summed E-state index contributed by atoms with van der Waals surface area (Å²) in [6, 6.07) is 2.41. The number of rotatable bonds is 7. The lowest BCUT2D eigenvalue weighted by Gasteiger charge is -2.15. The number of nitrogens with one attached hydrogen (secondary N) is 2. The van der Waals surface area contributed by atoms with Crippen LogP contribution in [-0.4, -0.2) is 62.2 Å². The first kappa shape index (κ1) is 29.8. The molecule has 6 heterocycles. The van der Waals surface area contributed by atoms with Crippen LogP contribution >= 0.6 is 0 Å². The van der Waals surface area contributed by atoms with Gasteiger partial charge in [0, 0.05) is 59.8 Å². The lowest BCUT2D eigenvalue weighted by Crippen LogP contribution is -2.33. The first-order chi connectivity index (χ1) is 25.5. The van der Waals surface area contributed by atoms with Crippen LogP contribution in [0.25, 0.3) is 39.0 Å². The van der Waals surface area contributed by atoms with Crippen LogP contribution in [0.1, 0.15) is 41.5 Å². The molecule has 0 unspecified atom stereocenters. The maximum absolute atomic E-state index is 14.3. The topological polar surface area (TPSA) is 161 Å². The number of alkyl carbamates (subject to hydrolysis) is 1. The first-order valence-corrected chi connectivity index (χ1v) is 15.2. The van der Waals surface area contributed by atoms with E-state index >= 15 is 0 Å². The predicted octanol–water partition coefficient (Wildman–Crippen LogP) is 4.64. The Morgan fingerprint density at radius 2 is 1.86 bits per heavy atom. The summed E-state index contributed by atoms with van der Waals surface area (Å²) in [7, 11) is 2.48. The van der Waals surface area contributed by atoms with E-state index in [0.29, 0.717) is 17.4 Å². The number of imidazole rings is 2. The van der Waals surface area contributed by atoms with Crippen molar-refractivity contribution in [2.24, 2.45) is 14.0 Å². The number of amides is 1. The number of halogens is 5. The maximum atomic E-state index is 14.3. The van der Waals surface area contributed by atoms with Crippen molar-refractivity contribution in [3.63, 3.8) is 0 Å². The molecule has 7 rings (SSSR count). The lowest BCUT2D eigenvalue weighted by atomic mass is 10.0. The van der Waals surface area contributed by atoms with Crippen molar-refractivity contribution in [2.45, 2.75) is 44.1 Å². The van der Waals surface area contributed by atoms with Gasteiger partial charge in [-0.3, -0.25) is 18.7 Å². The molecule has 6 aromatic heterocycles. The molecular weight excluding hydrogens is 685 g/mol. The average molecular weight is 717 g/mol. The number of pyridine rings is 3. The van der Waals surface area contributed by atoms with Crippen LogP contribution in [-0.2, 0) is 24.9 Å². The Labute approximate surface area is 287 Å². The summed E-state index contributed by atoms with van der Waals surface area (Å²) in [5.41, 5.74) is -3.78. The molecule has 0 aliphatic heterocycles. The normalized spacial score (nSPS) is 17.5. The van der Waals surface area contributed by atoms with Crippen LogP contribution in [0.15, 0.2) is 58.8 Å². The second kappa shape index (κ2) is 12.4. The smallest absolute Gasteiger partial charge is 0.417 e. The number of nitrogens with zero attached hydrogens (tertiary/aromatic N) is 9. The van der Waals surface area contributed by atoms with E-state index in [4.69, 9.17) is 4.11 Å². The second-order valence-electron chi connectivity index (χ2n) is 11.8. The van der Waals surface area contributed by atoms with Gasteiger partial charge in [-0.15, -0.1) is 0 Å². The van der Waals surface area contributed by atoms with E-state index in [1.165, 1.54) is 30.9 Å². The van der Waals surface area contributed by atoms with Crippen molar-refractivity contribution < 1.29 is 35.6 Å². The van der Waals surface area contributed by atoms with Gasteiger partial charge < -0.3 is 15.4 Å². The fourth-order valence-corrected chi connectivity index (χ4v) is 6.47. The molecule has 20 heteroatoms. The fraction of sp³-hybridized carbons (Fsp3) is 0.323. The number of aromatic nitrogens is 9. The Morgan fingerprint density at radius 1 is 1.06 bits per heavy atom. The van der Waals surface area contributed by atoms with Crippen molar-refractivity contribution >= 4 is 39.9 Å². The number of ether oxygens (including phenoxy) is 1. The van der Waals surface area contributed by atoms with Crippen LogP contribution in [0.4, 0.5) is 38.4 Å². The number of carbonyl (C=O) groups is 1. The number of carbonyl (C=O) groups excluding carboxylic acids is 1. The van der Waals surface area contributed by atoms with E-state index in [1.54, 1.807) is 0 Å². The number of anilines is 2. The fourth-order valence-electron chi connectivity index (χ4n) is 6.47. The minimum atomic E-state index is -4.86. The van der Waals surface area contributed by atoms with Gasteiger partial charge in [0.1, 0.15) is 11.6 Å². The summed E-state index contributed by atoms with van der Waals surface area (Å²) in [5, 5.41) is 9.14. The molecule has 0 aromatic carbocycles. The van der Waals surface area contributed by atoms with Crippen LogP contribution < -0.4 is 22.0 Å². The van der Waals surface area contributed by atoms with Crippen LogP contribution in [0.3, 0.4) is 0 Å². The molecule has 2 N–H and O–H groups in total. The van der Waals surface area contributed by atoms with Gasteiger partial charge in [-0.1, -0.05) is 0 Å². The summed E-state index contributed by atoms with van der Waals surface area (Å²) in [5.74, 6) is -0.203. The Bertz CT molecular complexity index is 2560. The largest absolute Gasteiger partial charge is 0.453 e. The van der Waals surface area contributed by atoms with E-state index in [2.05, 4.69) is 35.4 Å². The van der Waals surface area contributed by atoms with E-state index in [0.717, 1.165) is 46.2 Å². The van der Waals surface area contributed by atoms with Crippen molar-refractivity contribution in [1.82, 2.24) is 48.3 Å². The van der Waals surface area contributed by atoms with Crippen molar-refractivity contribution in [3.8, 4) is 16.8 Å². The van der Waals surface area contributed by atoms with Crippen molar-refractivity contribution in [2.75, 3.05) is 12.4 Å². The van der Waals surface area contributed by atoms with Crippen molar-refractivity contribution in [3.05, 3.63) is 75.7 Å². The van der Waals surface area contributed by atoms with Crippen LogP contribution in [0.2, 0.25) is 0 Å². The Kier molecular flexibility index (Phi) is 7.22. The van der Waals surface area contributed by atoms with Crippen LogP contribution in [0, 0.1) is 0 Å². The number of methoxy groups -OCH3 is 1. The second-order valence-corrected chi connectivity index (χ2v) is 11.8. The lowest BCUT2D eigenvalue weighted by molar-refractivity contribution is -0.137. The molecular formula is C31H28F5N11O4. The van der Waals surface area contributed by atoms with E-state index in [9.17, 15) is 36.3 Å². The zero-order valence-corrected chi connectivity index (χ0v) is 26.5. The van der Waals surface area contributed by atoms with Gasteiger partial charge in [-0.25, -0.2) is 33.6 Å². The molecule has 1 aliphatic carbocycles. The number of hydrogen-bond acceptors (Lipinski definition) is 9. The minimum Gasteiger partial charge on any atom is -0.453 e. The van der Waals surface area contributed by atoms with E-state index in [-0.39, 0.29) is 62.2 Å². The Morgan fingerprint density at radius 3 is 2.57 bits per heavy atom. The van der Waals surface area contributed by atoms with Gasteiger partial charge >= 0.3 is 30.2 Å². The molecule has 0 radical (unpaired) electrons. The van der Waals surface area contributed by atoms with Gasteiger partial charge in [0.05, 0.1) is 53.5 Å². The highest BCUT2D eigenvalue weighted by Gasteiger charge is 2.35. The highest BCUT2D eigenvalue weighted by atomic mass is 19.4. The molecule has 2 atom stereocenters. The Balaban J connectivity index is 1.41. The number of hydrogen-bond donors (Lipinski definition) is 2. The van der Waals surface area contributed by atoms with Crippen LogP contribution in [0.5, 0.6) is 0 Å². The molecule has 51 heavy (non-hydrogen) atoms. The summed E-state index contributed by atoms with van der Waals surface area (Å²) in [6.07, 6.45) is 0.479. The van der Waals surface area contributed by atoms with E-state index in [1.807, 2.05) is 0 Å². The molecule has 15 nitrogen and oxygen atoms in total. The zero-order chi connectivity index (χ0) is 38.9. The third-order valence-electron chi connectivity index (χ3n) is 8.76. The molecule has 6 aromatic rings. The zero-order valence-electron chi connectivity index (χ0n) is 29.5. The Hall–Kier alpha value is -6.08. The van der Waals surface area contributed by atoms with Gasteiger partial charge in [0.2, 0.25) is 0 Å². The van der Waals surface area contributed by atoms with Gasteiger partial charge in [0.25, 0.3) is 0 Å². The first-order valence-electron chi connectivity index (χ1n) is 16.7. The van der Waals surface area contributed by atoms with Gasteiger partial charge in [-0.05, 0) is 31.4 Å². The highest BCUT2D eigenvalue weighted by molar-refractivity contribution is 5.94. The molecule has 1 fully saturated rings. The SMILES string of the molecule is [2H]C([2H])([2H])n1c(=O)n([C@@H]2CC[C@@H](NC(=O)OC)C2)c2cc(Nc3cc(-c4cnccc4C(F)(F)F)c4c(n3)n(-c3cnn(C(F)F)c3)c(=O)n4C)ncc21. The summed E-state index contributed by atoms with van der Waals surface area (Å²) >= 11 is 0. The molecule has 266 valence electrons. The summed E-state index contributed by atoms with van der Waals surface area (Å²) in [4.78, 5) is 51.8. The third-order valence-corrected chi connectivity index (χ3v) is 8.76. The molecule has 1 aliphatic rings.